The molecule has 1 aliphatic rings. The number of rotatable bonds is 4. The van der Waals surface area contributed by atoms with Gasteiger partial charge in [0.05, 0.1) is 12.8 Å². The fraction of sp³-hybridized carbons (Fsp3) is 0.158. The van der Waals surface area contributed by atoms with Gasteiger partial charge in [0.1, 0.15) is 11.6 Å². The smallest absolute Gasteiger partial charge is 0.224 e. The molecule has 0 radical (unpaired) electrons. The monoisotopic (exact) mass is 369 g/mol. The molecule has 0 saturated carbocycles. The first-order valence-corrected chi connectivity index (χ1v) is 8.99. The molecule has 1 aliphatic heterocycles. The van der Waals surface area contributed by atoms with Crippen LogP contribution in [0.2, 0.25) is 0 Å². The summed E-state index contributed by atoms with van der Waals surface area (Å²) in [6.45, 7) is 0. The number of carbonyl (C=O) groups is 1. The Labute approximate surface area is 153 Å². The van der Waals surface area contributed by atoms with E-state index in [1.165, 1.54) is 17.4 Å². The van der Waals surface area contributed by atoms with Crippen molar-refractivity contribution in [3.05, 3.63) is 53.2 Å². The first-order valence-electron chi connectivity index (χ1n) is 8.11. The van der Waals surface area contributed by atoms with E-state index in [1.807, 2.05) is 29.6 Å². The Bertz CT molecular complexity index is 969. The third-order valence-corrected chi connectivity index (χ3v) is 4.97. The molecule has 0 saturated heterocycles. The summed E-state index contributed by atoms with van der Waals surface area (Å²) in [6, 6.07) is 10.6. The number of anilines is 3. The number of benzene rings is 2. The fourth-order valence-electron chi connectivity index (χ4n) is 2.85. The van der Waals surface area contributed by atoms with Crippen molar-refractivity contribution in [2.24, 2.45) is 0 Å². The lowest BCUT2D eigenvalue weighted by Gasteiger charge is -2.17. The van der Waals surface area contributed by atoms with Gasteiger partial charge in [-0.25, -0.2) is 9.37 Å². The highest BCUT2D eigenvalue weighted by Crippen LogP contribution is 2.33. The Balaban J connectivity index is 1.58. The van der Waals surface area contributed by atoms with E-state index in [4.69, 9.17) is 4.74 Å². The van der Waals surface area contributed by atoms with Crippen molar-refractivity contribution in [1.82, 2.24) is 4.98 Å². The Hall–Kier alpha value is -2.93. The maximum Gasteiger partial charge on any atom is 0.224 e. The molecule has 5 nitrogen and oxygen atoms in total. The predicted octanol–water partition coefficient (Wildman–Crippen LogP) is 4.59. The van der Waals surface area contributed by atoms with Crippen molar-refractivity contribution in [1.29, 1.82) is 0 Å². The Morgan fingerprint density at radius 2 is 2.04 bits per heavy atom. The summed E-state index contributed by atoms with van der Waals surface area (Å²) < 4.78 is 19.6. The standard InChI is InChI=1S/C19H16FN3O2S/c1-25-13-5-3-12(4-6-13)21-19-23-17(10-26-19)14-8-11-2-7-18(24)22-16(11)9-15(14)20/h3-6,8-10H,2,7H2,1H3,(H,21,23)(H,22,24). The van der Waals surface area contributed by atoms with E-state index in [9.17, 15) is 9.18 Å². The van der Waals surface area contributed by atoms with Gasteiger partial charge in [-0.15, -0.1) is 11.3 Å². The Kier molecular flexibility index (Phi) is 4.30. The van der Waals surface area contributed by atoms with Gasteiger partial charge in [-0.1, -0.05) is 0 Å². The second kappa shape index (κ2) is 6.76. The van der Waals surface area contributed by atoms with E-state index in [0.717, 1.165) is 17.0 Å². The first kappa shape index (κ1) is 16.5. The number of ether oxygens (including phenoxy) is 1. The fourth-order valence-corrected chi connectivity index (χ4v) is 3.58. The molecular weight excluding hydrogens is 353 g/mol. The van der Waals surface area contributed by atoms with Crippen LogP contribution in [0, 0.1) is 5.82 Å². The zero-order valence-corrected chi connectivity index (χ0v) is 14.8. The molecular formula is C19H16FN3O2S. The number of amides is 1. The number of carbonyl (C=O) groups excluding carboxylic acids is 1. The molecule has 132 valence electrons. The van der Waals surface area contributed by atoms with Gasteiger partial charge in [-0.3, -0.25) is 4.79 Å². The van der Waals surface area contributed by atoms with E-state index in [0.29, 0.717) is 34.9 Å². The third kappa shape index (κ3) is 3.25. The molecule has 0 unspecified atom stereocenters. The van der Waals surface area contributed by atoms with E-state index < -0.39 is 5.82 Å². The van der Waals surface area contributed by atoms with Crippen LogP contribution in [0.15, 0.2) is 41.8 Å². The zero-order chi connectivity index (χ0) is 18.1. The number of aromatic nitrogens is 1. The van der Waals surface area contributed by atoms with Crippen LogP contribution in [-0.4, -0.2) is 18.0 Å². The molecule has 1 amide bonds. The lowest BCUT2D eigenvalue weighted by Crippen LogP contribution is -2.19. The maximum absolute atomic E-state index is 14.5. The van der Waals surface area contributed by atoms with Crippen molar-refractivity contribution >= 4 is 33.8 Å². The van der Waals surface area contributed by atoms with Gasteiger partial charge >= 0.3 is 0 Å². The van der Waals surface area contributed by atoms with Gasteiger partial charge in [0.2, 0.25) is 5.91 Å². The second-order valence-corrected chi connectivity index (χ2v) is 6.79. The largest absolute Gasteiger partial charge is 0.497 e. The number of aryl methyl sites for hydroxylation is 1. The summed E-state index contributed by atoms with van der Waals surface area (Å²) >= 11 is 1.41. The van der Waals surface area contributed by atoms with Crippen molar-refractivity contribution in [2.45, 2.75) is 12.8 Å². The summed E-state index contributed by atoms with van der Waals surface area (Å²) in [5, 5.41) is 8.41. The molecule has 4 rings (SSSR count). The minimum absolute atomic E-state index is 0.0794. The SMILES string of the molecule is COc1ccc(Nc2nc(-c3cc4c(cc3F)NC(=O)CC4)cs2)cc1. The van der Waals surface area contributed by atoms with E-state index in [1.54, 1.807) is 13.2 Å². The number of methoxy groups -OCH3 is 1. The molecule has 7 heteroatoms. The topological polar surface area (TPSA) is 63.2 Å². The Morgan fingerprint density at radius 3 is 2.81 bits per heavy atom. The second-order valence-electron chi connectivity index (χ2n) is 5.93. The first-order chi connectivity index (χ1) is 12.6. The number of nitrogens with zero attached hydrogens (tertiary/aromatic N) is 1. The highest BCUT2D eigenvalue weighted by atomic mass is 32.1. The number of hydrogen-bond donors (Lipinski definition) is 2. The summed E-state index contributed by atoms with van der Waals surface area (Å²) in [5.41, 5.74) is 3.37. The number of fused-ring (bicyclic) bond motifs is 1. The highest BCUT2D eigenvalue weighted by Gasteiger charge is 2.19. The van der Waals surface area contributed by atoms with Gasteiger partial charge in [-0.05, 0) is 48.4 Å². The average Bonchev–Trinajstić information content (AvgIpc) is 3.10. The minimum atomic E-state index is -0.396. The normalized spacial score (nSPS) is 13.1. The lowest BCUT2D eigenvalue weighted by atomic mass is 9.99. The molecule has 26 heavy (non-hydrogen) atoms. The molecule has 0 aliphatic carbocycles. The van der Waals surface area contributed by atoms with Crippen LogP contribution in [0.1, 0.15) is 12.0 Å². The minimum Gasteiger partial charge on any atom is -0.497 e. The van der Waals surface area contributed by atoms with Gasteiger partial charge in [-0.2, -0.15) is 0 Å². The average molecular weight is 369 g/mol. The van der Waals surface area contributed by atoms with E-state index in [-0.39, 0.29) is 5.91 Å². The van der Waals surface area contributed by atoms with E-state index in [2.05, 4.69) is 15.6 Å². The van der Waals surface area contributed by atoms with Crippen LogP contribution >= 0.6 is 11.3 Å². The molecule has 2 aromatic carbocycles. The summed E-state index contributed by atoms with van der Waals surface area (Å²) in [4.78, 5) is 15.9. The molecule has 0 spiro atoms. The van der Waals surface area contributed by atoms with Crippen LogP contribution in [0.3, 0.4) is 0 Å². The lowest BCUT2D eigenvalue weighted by molar-refractivity contribution is -0.116. The Morgan fingerprint density at radius 1 is 1.23 bits per heavy atom. The van der Waals surface area contributed by atoms with E-state index >= 15 is 0 Å². The highest BCUT2D eigenvalue weighted by molar-refractivity contribution is 7.14. The van der Waals surface area contributed by atoms with Gasteiger partial charge in [0.15, 0.2) is 5.13 Å². The van der Waals surface area contributed by atoms with Gasteiger partial charge in [0, 0.05) is 28.7 Å². The molecule has 0 atom stereocenters. The predicted molar refractivity (Wildman–Crippen MR) is 101 cm³/mol. The number of thiazole rings is 1. The molecule has 0 bridgehead atoms. The molecule has 2 N–H and O–H groups in total. The zero-order valence-electron chi connectivity index (χ0n) is 14.0. The van der Waals surface area contributed by atoms with Crippen LogP contribution < -0.4 is 15.4 Å². The van der Waals surface area contributed by atoms with Crippen molar-refractivity contribution < 1.29 is 13.9 Å². The summed E-state index contributed by atoms with van der Waals surface area (Å²) in [5.74, 6) is 0.301. The van der Waals surface area contributed by atoms with Crippen molar-refractivity contribution in [2.75, 3.05) is 17.7 Å². The molecule has 1 aromatic heterocycles. The number of nitrogens with one attached hydrogen (secondary N) is 2. The third-order valence-electron chi connectivity index (χ3n) is 4.21. The van der Waals surface area contributed by atoms with Gasteiger partial charge < -0.3 is 15.4 Å². The molecule has 3 aromatic rings. The maximum atomic E-state index is 14.5. The van der Waals surface area contributed by atoms with Crippen molar-refractivity contribution in [3.63, 3.8) is 0 Å². The van der Waals surface area contributed by atoms with Crippen molar-refractivity contribution in [3.8, 4) is 17.0 Å². The number of halogens is 1. The summed E-state index contributed by atoms with van der Waals surface area (Å²) in [6.07, 6.45) is 1.02. The van der Waals surface area contributed by atoms with Gasteiger partial charge in [0.25, 0.3) is 0 Å². The summed E-state index contributed by atoms with van der Waals surface area (Å²) in [7, 11) is 1.62. The van der Waals surface area contributed by atoms with Crippen LogP contribution in [0.25, 0.3) is 11.3 Å². The van der Waals surface area contributed by atoms with Crippen LogP contribution in [-0.2, 0) is 11.2 Å². The quantitative estimate of drug-likeness (QED) is 0.706. The number of hydrogen-bond acceptors (Lipinski definition) is 5. The molecule has 0 fully saturated rings. The van der Waals surface area contributed by atoms with Crippen LogP contribution in [0.5, 0.6) is 5.75 Å². The molecule has 2 heterocycles. The van der Waals surface area contributed by atoms with Crippen LogP contribution in [0.4, 0.5) is 20.9 Å².